The molecule has 2 aromatic heterocycles. The van der Waals surface area contributed by atoms with Gasteiger partial charge in [0.05, 0.1) is 28.7 Å². The molecule has 2 heterocycles. The van der Waals surface area contributed by atoms with Crippen molar-refractivity contribution < 1.29 is 13.9 Å². The molecule has 0 spiro atoms. The van der Waals surface area contributed by atoms with Crippen LogP contribution in [0.4, 0.5) is 0 Å². The lowest BCUT2D eigenvalue weighted by atomic mass is 10.2. The average molecular weight is 393 g/mol. The molecule has 3 rings (SSSR count). The van der Waals surface area contributed by atoms with E-state index in [1.807, 2.05) is 17.5 Å². The Labute approximate surface area is 145 Å². The minimum absolute atomic E-state index is 0.186. The van der Waals surface area contributed by atoms with Crippen molar-refractivity contribution in [2.75, 3.05) is 7.11 Å². The minimum Gasteiger partial charge on any atom is -0.496 e. The minimum atomic E-state index is -0.186. The molecule has 0 aliphatic rings. The SMILES string of the molecule is COc1ccc(C(=O)NCc2coc(-c3cccs3)n2)cc1Br. The highest BCUT2D eigenvalue weighted by Crippen LogP contribution is 2.26. The molecule has 0 fully saturated rings. The number of amides is 1. The Kier molecular flexibility index (Phi) is 4.78. The zero-order chi connectivity index (χ0) is 16.2. The molecule has 0 radical (unpaired) electrons. The Morgan fingerprint density at radius 2 is 2.30 bits per heavy atom. The van der Waals surface area contributed by atoms with Gasteiger partial charge in [-0.1, -0.05) is 6.07 Å². The summed E-state index contributed by atoms with van der Waals surface area (Å²) in [4.78, 5) is 17.5. The fourth-order valence-electron chi connectivity index (χ4n) is 1.98. The number of benzene rings is 1. The predicted molar refractivity (Wildman–Crippen MR) is 91.7 cm³/mol. The molecule has 23 heavy (non-hydrogen) atoms. The number of aromatic nitrogens is 1. The summed E-state index contributed by atoms with van der Waals surface area (Å²) in [5.41, 5.74) is 1.22. The van der Waals surface area contributed by atoms with Crippen molar-refractivity contribution in [1.29, 1.82) is 0 Å². The molecule has 0 aliphatic heterocycles. The highest BCUT2D eigenvalue weighted by Gasteiger charge is 2.11. The monoisotopic (exact) mass is 392 g/mol. The van der Waals surface area contributed by atoms with Gasteiger partial charge in [-0.3, -0.25) is 4.79 Å². The van der Waals surface area contributed by atoms with E-state index in [0.29, 0.717) is 29.4 Å². The van der Waals surface area contributed by atoms with Gasteiger partial charge in [-0.25, -0.2) is 4.98 Å². The van der Waals surface area contributed by atoms with Crippen molar-refractivity contribution in [1.82, 2.24) is 10.3 Å². The normalized spacial score (nSPS) is 10.5. The Bertz CT molecular complexity index is 815. The maximum atomic E-state index is 12.2. The highest BCUT2D eigenvalue weighted by atomic mass is 79.9. The molecule has 7 heteroatoms. The third-order valence-corrected chi connectivity index (χ3v) is 4.61. The number of methoxy groups -OCH3 is 1. The molecule has 118 valence electrons. The molecule has 1 N–H and O–H groups in total. The Balaban J connectivity index is 1.64. The summed E-state index contributed by atoms with van der Waals surface area (Å²) in [7, 11) is 1.58. The average Bonchev–Trinajstić information content (AvgIpc) is 3.23. The Morgan fingerprint density at radius 3 is 3.00 bits per heavy atom. The summed E-state index contributed by atoms with van der Waals surface area (Å²) >= 11 is 4.92. The molecule has 0 atom stereocenters. The largest absolute Gasteiger partial charge is 0.496 e. The number of hydrogen-bond donors (Lipinski definition) is 1. The molecule has 1 aromatic carbocycles. The van der Waals surface area contributed by atoms with Crippen LogP contribution < -0.4 is 10.1 Å². The molecule has 0 bridgehead atoms. The van der Waals surface area contributed by atoms with E-state index in [-0.39, 0.29) is 5.91 Å². The van der Waals surface area contributed by atoms with E-state index >= 15 is 0 Å². The van der Waals surface area contributed by atoms with Crippen LogP contribution in [0.15, 0.2) is 50.9 Å². The topological polar surface area (TPSA) is 64.4 Å². The maximum absolute atomic E-state index is 12.2. The van der Waals surface area contributed by atoms with E-state index in [9.17, 15) is 4.79 Å². The third kappa shape index (κ3) is 3.62. The van der Waals surface area contributed by atoms with Gasteiger partial charge in [0, 0.05) is 5.56 Å². The van der Waals surface area contributed by atoms with Crippen LogP contribution in [-0.4, -0.2) is 18.0 Å². The fraction of sp³-hybridized carbons (Fsp3) is 0.125. The second kappa shape index (κ2) is 6.97. The fourth-order valence-corrected chi connectivity index (χ4v) is 3.18. The molecule has 0 saturated carbocycles. The van der Waals surface area contributed by atoms with E-state index in [1.54, 1.807) is 42.9 Å². The molecule has 0 saturated heterocycles. The lowest BCUT2D eigenvalue weighted by Crippen LogP contribution is -2.22. The molecule has 0 aliphatic carbocycles. The van der Waals surface area contributed by atoms with Gasteiger partial charge in [0.2, 0.25) is 5.89 Å². The molecule has 1 amide bonds. The van der Waals surface area contributed by atoms with Crippen LogP contribution >= 0.6 is 27.3 Å². The second-order valence-electron chi connectivity index (χ2n) is 4.65. The van der Waals surface area contributed by atoms with Crippen LogP contribution in [0.25, 0.3) is 10.8 Å². The lowest BCUT2D eigenvalue weighted by Gasteiger charge is -2.06. The molecular weight excluding hydrogens is 380 g/mol. The van der Waals surface area contributed by atoms with Gasteiger partial charge in [-0.15, -0.1) is 11.3 Å². The first-order valence-electron chi connectivity index (χ1n) is 6.77. The molecular formula is C16H13BrN2O3S. The number of nitrogens with zero attached hydrogens (tertiary/aromatic N) is 1. The van der Waals surface area contributed by atoms with Crippen LogP contribution in [0.3, 0.4) is 0 Å². The van der Waals surface area contributed by atoms with Gasteiger partial charge in [0.15, 0.2) is 0 Å². The predicted octanol–water partition coefficient (Wildman–Crippen LogP) is 4.10. The number of rotatable bonds is 5. The van der Waals surface area contributed by atoms with Crippen molar-refractivity contribution >= 4 is 33.2 Å². The summed E-state index contributed by atoms with van der Waals surface area (Å²) in [6.07, 6.45) is 1.55. The van der Waals surface area contributed by atoms with E-state index in [2.05, 4.69) is 26.2 Å². The first kappa shape index (κ1) is 15.8. The number of hydrogen-bond acceptors (Lipinski definition) is 5. The van der Waals surface area contributed by atoms with Gasteiger partial charge in [-0.05, 0) is 45.6 Å². The zero-order valence-corrected chi connectivity index (χ0v) is 14.6. The number of carbonyl (C=O) groups is 1. The van der Waals surface area contributed by atoms with Crippen LogP contribution in [0.5, 0.6) is 5.75 Å². The van der Waals surface area contributed by atoms with Gasteiger partial charge >= 0.3 is 0 Å². The van der Waals surface area contributed by atoms with Gasteiger partial charge in [0.1, 0.15) is 12.0 Å². The van der Waals surface area contributed by atoms with E-state index in [4.69, 9.17) is 9.15 Å². The standard InChI is InChI=1S/C16H13BrN2O3S/c1-21-13-5-4-10(7-12(13)17)15(20)18-8-11-9-22-16(19-11)14-3-2-6-23-14/h2-7,9H,8H2,1H3,(H,18,20). The summed E-state index contributed by atoms with van der Waals surface area (Å²) < 4.78 is 11.3. The number of ether oxygens (including phenoxy) is 1. The first-order valence-corrected chi connectivity index (χ1v) is 8.44. The molecule has 0 unspecified atom stereocenters. The van der Waals surface area contributed by atoms with Crippen LogP contribution in [0.2, 0.25) is 0 Å². The summed E-state index contributed by atoms with van der Waals surface area (Å²) in [5, 5.41) is 4.78. The number of nitrogens with one attached hydrogen (secondary N) is 1. The van der Waals surface area contributed by atoms with Crippen molar-refractivity contribution in [2.24, 2.45) is 0 Å². The van der Waals surface area contributed by atoms with Crippen molar-refractivity contribution in [3.8, 4) is 16.5 Å². The van der Waals surface area contributed by atoms with Crippen molar-refractivity contribution in [3.05, 3.63) is 57.7 Å². The number of oxazole rings is 1. The van der Waals surface area contributed by atoms with E-state index < -0.39 is 0 Å². The summed E-state index contributed by atoms with van der Waals surface area (Å²) in [5.74, 6) is 1.06. The van der Waals surface area contributed by atoms with Gasteiger partial charge in [-0.2, -0.15) is 0 Å². The third-order valence-electron chi connectivity index (χ3n) is 3.13. The van der Waals surface area contributed by atoms with Gasteiger partial charge < -0.3 is 14.5 Å². The van der Waals surface area contributed by atoms with E-state index in [1.165, 1.54) is 0 Å². The van der Waals surface area contributed by atoms with Crippen molar-refractivity contribution in [2.45, 2.75) is 6.54 Å². The molecule has 3 aromatic rings. The van der Waals surface area contributed by atoms with Crippen LogP contribution in [0, 0.1) is 0 Å². The number of thiophene rings is 1. The quantitative estimate of drug-likeness (QED) is 0.709. The van der Waals surface area contributed by atoms with E-state index in [0.717, 1.165) is 9.35 Å². The Morgan fingerprint density at radius 1 is 1.43 bits per heavy atom. The summed E-state index contributed by atoms with van der Waals surface area (Å²) in [6, 6.07) is 9.04. The number of carbonyl (C=O) groups excluding carboxylic acids is 1. The Hall–Kier alpha value is -2.12. The first-order chi connectivity index (χ1) is 11.2. The van der Waals surface area contributed by atoms with Crippen molar-refractivity contribution in [3.63, 3.8) is 0 Å². The van der Waals surface area contributed by atoms with Crippen LogP contribution in [-0.2, 0) is 6.54 Å². The smallest absolute Gasteiger partial charge is 0.251 e. The molecule has 5 nitrogen and oxygen atoms in total. The van der Waals surface area contributed by atoms with Gasteiger partial charge in [0.25, 0.3) is 5.91 Å². The lowest BCUT2D eigenvalue weighted by molar-refractivity contribution is 0.0950. The highest BCUT2D eigenvalue weighted by molar-refractivity contribution is 9.10. The maximum Gasteiger partial charge on any atom is 0.251 e. The second-order valence-corrected chi connectivity index (χ2v) is 6.46. The number of halogens is 1. The van der Waals surface area contributed by atoms with Crippen LogP contribution in [0.1, 0.15) is 16.1 Å². The zero-order valence-electron chi connectivity index (χ0n) is 12.2. The summed E-state index contributed by atoms with van der Waals surface area (Å²) in [6.45, 7) is 0.303.